The van der Waals surface area contributed by atoms with Crippen molar-refractivity contribution in [1.29, 1.82) is 0 Å². The number of hydrogen-bond acceptors (Lipinski definition) is 3. The Labute approximate surface area is 144 Å². The Hall–Kier alpha value is -2.17. The van der Waals surface area contributed by atoms with Crippen LogP contribution in [0.2, 0.25) is 5.02 Å². The first-order valence-corrected chi connectivity index (χ1v) is 8.33. The minimum Gasteiger partial charge on any atom is -0.337 e. The van der Waals surface area contributed by atoms with Crippen molar-refractivity contribution in [1.82, 2.24) is 9.88 Å². The standard InChI is InChI=1S/C18H15ClN2OS/c1-21(12-13-8-10-20-11-9-13)18(22)17-7-6-16(23-17)14-2-4-15(19)5-3-14/h2-11H,12H2,1H3. The average Bonchev–Trinajstić information content (AvgIpc) is 3.05. The molecule has 3 aromatic rings. The third-order valence-corrected chi connectivity index (χ3v) is 4.84. The number of nitrogens with zero attached hydrogens (tertiary/aromatic N) is 2. The molecule has 0 aliphatic carbocycles. The van der Waals surface area contributed by atoms with Crippen molar-refractivity contribution in [3.05, 3.63) is 76.4 Å². The molecule has 2 heterocycles. The van der Waals surface area contributed by atoms with E-state index in [9.17, 15) is 4.79 Å². The highest BCUT2D eigenvalue weighted by Gasteiger charge is 2.15. The summed E-state index contributed by atoms with van der Waals surface area (Å²) < 4.78 is 0. The zero-order valence-electron chi connectivity index (χ0n) is 12.6. The molecule has 23 heavy (non-hydrogen) atoms. The van der Waals surface area contributed by atoms with Crippen molar-refractivity contribution in [2.45, 2.75) is 6.54 Å². The molecule has 3 nitrogen and oxygen atoms in total. The van der Waals surface area contributed by atoms with Crippen LogP contribution in [0.4, 0.5) is 0 Å². The molecule has 0 aliphatic rings. The number of pyridine rings is 1. The van der Waals surface area contributed by atoms with E-state index < -0.39 is 0 Å². The predicted molar refractivity (Wildman–Crippen MR) is 94.8 cm³/mol. The summed E-state index contributed by atoms with van der Waals surface area (Å²) >= 11 is 7.40. The zero-order chi connectivity index (χ0) is 16.2. The molecule has 116 valence electrons. The summed E-state index contributed by atoms with van der Waals surface area (Å²) in [4.78, 5) is 20.0. The van der Waals surface area contributed by atoms with Crippen molar-refractivity contribution in [3.8, 4) is 10.4 Å². The Bertz CT molecular complexity index is 799. The van der Waals surface area contributed by atoms with Gasteiger partial charge in [0.25, 0.3) is 5.91 Å². The number of benzene rings is 1. The summed E-state index contributed by atoms with van der Waals surface area (Å²) in [5, 5.41) is 0.707. The quantitative estimate of drug-likeness (QED) is 0.686. The Balaban J connectivity index is 1.74. The monoisotopic (exact) mass is 342 g/mol. The fourth-order valence-electron chi connectivity index (χ4n) is 2.24. The first-order chi connectivity index (χ1) is 11.1. The minimum atomic E-state index is 0.0204. The lowest BCUT2D eigenvalue weighted by atomic mass is 10.2. The lowest BCUT2D eigenvalue weighted by Gasteiger charge is -2.16. The number of carbonyl (C=O) groups excluding carboxylic acids is 1. The molecule has 3 rings (SSSR count). The van der Waals surface area contributed by atoms with E-state index in [-0.39, 0.29) is 5.91 Å². The van der Waals surface area contributed by atoms with Crippen molar-refractivity contribution in [2.24, 2.45) is 0 Å². The number of amides is 1. The van der Waals surface area contributed by atoms with Crippen LogP contribution in [-0.2, 0) is 6.54 Å². The number of hydrogen-bond donors (Lipinski definition) is 0. The van der Waals surface area contributed by atoms with Gasteiger partial charge < -0.3 is 4.90 Å². The number of carbonyl (C=O) groups is 1. The highest BCUT2D eigenvalue weighted by atomic mass is 35.5. The zero-order valence-corrected chi connectivity index (χ0v) is 14.1. The second kappa shape index (κ2) is 6.94. The lowest BCUT2D eigenvalue weighted by Crippen LogP contribution is -2.25. The second-order valence-electron chi connectivity index (χ2n) is 5.19. The Morgan fingerprint density at radius 1 is 1.09 bits per heavy atom. The summed E-state index contributed by atoms with van der Waals surface area (Å²) in [6, 6.07) is 15.3. The Morgan fingerprint density at radius 2 is 1.78 bits per heavy atom. The maximum Gasteiger partial charge on any atom is 0.263 e. The fraction of sp³-hybridized carbons (Fsp3) is 0.111. The van der Waals surface area contributed by atoms with E-state index in [4.69, 9.17) is 11.6 Å². The number of thiophene rings is 1. The maximum atomic E-state index is 12.5. The van der Waals surface area contributed by atoms with Gasteiger partial charge in [-0.2, -0.15) is 0 Å². The second-order valence-corrected chi connectivity index (χ2v) is 6.71. The summed E-state index contributed by atoms with van der Waals surface area (Å²) in [6.45, 7) is 0.565. The van der Waals surface area contributed by atoms with Crippen LogP contribution in [0.15, 0.2) is 60.9 Å². The van der Waals surface area contributed by atoms with Crippen LogP contribution in [0, 0.1) is 0 Å². The number of halogens is 1. The molecular formula is C18H15ClN2OS. The first-order valence-electron chi connectivity index (χ1n) is 7.13. The molecule has 0 unspecified atom stereocenters. The predicted octanol–water partition coefficient (Wildman–Crippen LogP) is 4.74. The largest absolute Gasteiger partial charge is 0.337 e. The van der Waals surface area contributed by atoms with E-state index in [1.165, 1.54) is 11.3 Å². The van der Waals surface area contributed by atoms with E-state index in [0.717, 1.165) is 20.9 Å². The van der Waals surface area contributed by atoms with Crippen LogP contribution in [-0.4, -0.2) is 22.8 Å². The topological polar surface area (TPSA) is 33.2 Å². The van der Waals surface area contributed by atoms with Crippen molar-refractivity contribution < 1.29 is 4.79 Å². The molecule has 0 aliphatic heterocycles. The molecule has 0 saturated carbocycles. The van der Waals surface area contributed by atoms with Gasteiger partial charge in [0.05, 0.1) is 4.88 Å². The van der Waals surface area contributed by atoms with Gasteiger partial charge in [-0.25, -0.2) is 0 Å². The number of aromatic nitrogens is 1. The van der Waals surface area contributed by atoms with Gasteiger partial charge in [0.2, 0.25) is 0 Å². The molecule has 0 atom stereocenters. The molecule has 1 aromatic carbocycles. The van der Waals surface area contributed by atoms with Gasteiger partial charge in [0.1, 0.15) is 0 Å². The SMILES string of the molecule is CN(Cc1ccncc1)C(=O)c1ccc(-c2ccc(Cl)cc2)s1. The lowest BCUT2D eigenvalue weighted by molar-refractivity contribution is 0.0790. The van der Waals surface area contributed by atoms with Crippen LogP contribution in [0.25, 0.3) is 10.4 Å². The molecule has 1 amide bonds. The van der Waals surface area contributed by atoms with Crippen molar-refractivity contribution in [2.75, 3.05) is 7.05 Å². The Morgan fingerprint density at radius 3 is 2.48 bits per heavy atom. The molecular weight excluding hydrogens is 328 g/mol. The summed E-state index contributed by atoms with van der Waals surface area (Å²) in [5.41, 5.74) is 2.13. The minimum absolute atomic E-state index is 0.0204. The first kappa shape index (κ1) is 15.7. The summed E-state index contributed by atoms with van der Waals surface area (Å²) in [5.74, 6) is 0.0204. The van der Waals surface area contributed by atoms with E-state index in [1.54, 1.807) is 17.3 Å². The van der Waals surface area contributed by atoms with Crippen LogP contribution in [0.5, 0.6) is 0 Å². The van der Waals surface area contributed by atoms with Crippen LogP contribution < -0.4 is 0 Å². The summed E-state index contributed by atoms with van der Waals surface area (Å²) in [7, 11) is 1.81. The fourth-order valence-corrected chi connectivity index (χ4v) is 3.38. The Kier molecular flexibility index (Phi) is 4.74. The van der Waals surface area contributed by atoms with E-state index >= 15 is 0 Å². The smallest absolute Gasteiger partial charge is 0.263 e. The molecule has 5 heteroatoms. The highest BCUT2D eigenvalue weighted by molar-refractivity contribution is 7.17. The van der Waals surface area contributed by atoms with Gasteiger partial charge in [0, 0.05) is 35.9 Å². The molecule has 0 fully saturated rings. The number of rotatable bonds is 4. The summed E-state index contributed by atoms with van der Waals surface area (Å²) in [6.07, 6.45) is 3.47. The average molecular weight is 343 g/mol. The van der Waals surface area contributed by atoms with Crippen LogP contribution in [0.3, 0.4) is 0 Å². The third kappa shape index (κ3) is 3.78. The van der Waals surface area contributed by atoms with E-state index in [1.807, 2.05) is 55.6 Å². The molecule has 0 spiro atoms. The van der Waals surface area contributed by atoms with Gasteiger partial charge in [-0.3, -0.25) is 9.78 Å². The van der Waals surface area contributed by atoms with Gasteiger partial charge >= 0.3 is 0 Å². The third-order valence-electron chi connectivity index (χ3n) is 3.46. The van der Waals surface area contributed by atoms with Crippen LogP contribution in [0.1, 0.15) is 15.2 Å². The molecule has 0 saturated heterocycles. The molecule has 0 bridgehead atoms. The van der Waals surface area contributed by atoms with E-state index in [2.05, 4.69) is 4.98 Å². The van der Waals surface area contributed by atoms with Gasteiger partial charge in [0.15, 0.2) is 0 Å². The maximum absolute atomic E-state index is 12.5. The van der Waals surface area contributed by atoms with Gasteiger partial charge in [-0.05, 0) is 47.5 Å². The molecule has 0 radical (unpaired) electrons. The van der Waals surface area contributed by atoms with Crippen LogP contribution >= 0.6 is 22.9 Å². The van der Waals surface area contributed by atoms with Crippen molar-refractivity contribution >= 4 is 28.8 Å². The highest BCUT2D eigenvalue weighted by Crippen LogP contribution is 2.29. The van der Waals surface area contributed by atoms with Gasteiger partial charge in [-0.15, -0.1) is 11.3 Å². The van der Waals surface area contributed by atoms with Crippen molar-refractivity contribution in [3.63, 3.8) is 0 Å². The molecule has 2 aromatic heterocycles. The normalized spacial score (nSPS) is 10.5. The van der Waals surface area contributed by atoms with E-state index in [0.29, 0.717) is 11.6 Å². The van der Waals surface area contributed by atoms with Gasteiger partial charge in [-0.1, -0.05) is 23.7 Å². The molecule has 0 N–H and O–H groups in total.